The van der Waals surface area contributed by atoms with Crippen LogP contribution in [0.4, 0.5) is 0 Å². The molecule has 31 heavy (non-hydrogen) atoms. The maximum Gasteiger partial charge on any atom is 0.227 e. The summed E-state index contributed by atoms with van der Waals surface area (Å²) < 4.78 is 11.4. The van der Waals surface area contributed by atoms with Gasteiger partial charge in [-0.2, -0.15) is 0 Å². The molecule has 1 aromatic carbocycles. The van der Waals surface area contributed by atoms with Crippen molar-refractivity contribution in [2.24, 2.45) is 11.8 Å². The van der Waals surface area contributed by atoms with Crippen molar-refractivity contribution in [2.75, 3.05) is 6.61 Å². The van der Waals surface area contributed by atoms with Gasteiger partial charge < -0.3 is 14.5 Å². The molecular weight excluding hydrogens is 392 g/mol. The summed E-state index contributed by atoms with van der Waals surface area (Å²) in [5.41, 5.74) is 2.49. The molecule has 1 aliphatic carbocycles. The van der Waals surface area contributed by atoms with Crippen LogP contribution in [-0.4, -0.2) is 23.5 Å². The molecule has 2 heterocycles. The van der Waals surface area contributed by atoms with Gasteiger partial charge in [0.25, 0.3) is 0 Å². The van der Waals surface area contributed by atoms with Gasteiger partial charge in [-0.3, -0.25) is 14.5 Å². The van der Waals surface area contributed by atoms with E-state index in [0.717, 1.165) is 19.5 Å². The maximum atomic E-state index is 12.5. The van der Waals surface area contributed by atoms with Crippen molar-refractivity contribution in [3.05, 3.63) is 75.9 Å². The van der Waals surface area contributed by atoms with Crippen LogP contribution in [0.25, 0.3) is 0 Å². The van der Waals surface area contributed by atoms with E-state index in [4.69, 9.17) is 9.15 Å². The molecule has 1 amide bonds. The monoisotopic (exact) mass is 422 g/mol. The first-order valence-corrected chi connectivity index (χ1v) is 11.0. The fraction of sp³-hybridized carbons (Fsp3) is 0.440. The first-order valence-electron chi connectivity index (χ1n) is 11.0. The summed E-state index contributed by atoms with van der Waals surface area (Å²) in [4.78, 5) is 26.6. The number of rotatable bonds is 8. The Morgan fingerprint density at radius 1 is 1.23 bits per heavy atom. The molecule has 2 aliphatic rings. The average molecular weight is 423 g/mol. The molecule has 1 aromatic heterocycles. The van der Waals surface area contributed by atoms with Crippen LogP contribution in [-0.2, 0) is 24.4 Å². The predicted molar refractivity (Wildman–Crippen MR) is 118 cm³/mol. The van der Waals surface area contributed by atoms with Crippen molar-refractivity contribution in [3.8, 4) is 5.75 Å². The fourth-order valence-corrected chi connectivity index (χ4v) is 4.20. The van der Waals surface area contributed by atoms with Crippen LogP contribution in [0.3, 0.4) is 0 Å². The molecule has 6 nitrogen and oxygen atoms in total. The van der Waals surface area contributed by atoms with Gasteiger partial charge in [0.15, 0.2) is 0 Å². The van der Waals surface area contributed by atoms with Crippen LogP contribution in [0, 0.1) is 11.8 Å². The second kappa shape index (κ2) is 9.52. The molecule has 2 aromatic rings. The highest BCUT2D eigenvalue weighted by atomic mass is 16.5. The van der Waals surface area contributed by atoms with E-state index in [1.54, 1.807) is 0 Å². The lowest BCUT2D eigenvalue weighted by Crippen LogP contribution is -2.33. The van der Waals surface area contributed by atoms with Crippen LogP contribution < -0.4 is 15.5 Å². The Bertz CT molecular complexity index is 986. The molecule has 0 fully saturated rings. The second-order valence-electron chi connectivity index (χ2n) is 8.95. The van der Waals surface area contributed by atoms with Gasteiger partial charge in [-0.25, -0.2) is 0 Å². The zero-order chi connectivity index (χ0) is 21.8. The molecule has 1 N–H and O–H groups in total. The molecular formula is C25H30N2O4. The number of fused-ring (bicyclic) bond motifs is 1. The number of carbonyl (C=O) groups is 1. The van der Waals surface area contributed by atoms with Crippen molar-refractivity contribution < 1.29 is 13.9 Å². The lowest BCUT2D eigenvalue weighted by molar-refractivity contribution is -0.122. The van der Waals surface area contributed by atoms with Gasteiger partial charge >= 0.3 is 0 Å². The number of amides is 1. The highest BCUT2D eigenvalue weighted by molar-refractivity contribution is 5.76. The molecule has 4 rings (SSSR count). The molecule has 0 radical (unpaired) electrons. The quantitative estimate of drug-likeness (QED) is 0.658. The maximum absolute atomic E-state index is 12.5. The number of nitrogens with zero attached hydrogens (tertiary/aromatic N) is 1. The van der Waals surface area contributed by atoms with Gasteiger partial charge in [0.1, 0.15) is 12.0 Å². The van der Waals surface area contributed by atoms with Crippen LogP contribution in [0.5, 0.6) is 5.75 Å². The molecule has 6 heteroatoms. The van der Waals surface area contributed by atoms with Crippen LogP contribution in [0.2, 0.25) is 0 Å². The van der Waals surface area contributed by atoms with Gasteiger partial charge in [0.05, 0.1) is 13.2 Å². The third-order valence-electron chi connectivity index (χ3n) is 5.70. The number of nitrogens with one attached hydrogen (secondary N) is 1. The van der Waals surface area contributed by atoms with Crippen LogP contribution in [0.1, 0.15) is 43.6 Å². The first kappa shape index (κ1) is 21.4. The van der Waals surface area contributed by atoms with E-state index in [9.17, 15) is 9.59 Å². The largest absolute Gasteiger partial charge is 0.486 e. The van der Waals surface area contributed by atoms with E-state index in [1.807, 2.05) is 26.0 Å². The normalized spacial score (nSPS) is 20.2. The van der Waals surface area contributed by atoms with E-state index < -0.39 is 0 Å². The molecule has 0 saturated heterocycles. The molecule has 2 unspecified atom stereocenters. The molecule has 0 bridgehead atoms. The zero-order valence-corrected chi connectivity index (χ0v) is 18.2. The summed E-state index contributed by atoms with van der Waals surface area (Å²) in [6, 6.07) is 9.94. The van der Waals surface area contributed by atoms with E-state index >= 15 is 0 Å². The number of ether oxygens (including phenoxy) is 1. The number of hydrogen-bond donors (Lipinski definition) is 1. The van der Waals surface area contributed by atoms with Crippen LogP contribution in [0.15, 0.2) is 58.0 Å². The number of carbonyl (C=O) groups excluding carboxylic acids is 1. The van der Waals surface area contributed by atoms with Crippen molar-refractivity contribution in [1.82, 2.24) is 10.2 Å². The first-order chi connectivity index (χ1) is 15.0. The van der Waals surface area contributed by atoms with Gasteiger partial charge in [-0.05, 0) is 23.5 Å². The number of hydrogen-bond acceptors (Lipinski definition) is 5. The van der Waals surface area contributed by atoms with E-state index in [2.05, 4.69) is 34.5 Å². The van der Waals surface area contributed by atoms with Gasteiger partial charge in [0.2, 0.25) is 17.1 Å². The Labute approximate surface area is 182 Å². The predicted octanol–water partition coefficient (Wildman–Crippen LogP) is 3.64. The number of benzene rings is 1. The van der Waals surface area contributed by atoms with Crippen LogP contribution >= 0.6 is 0 Å². The Balaban J connectivity index is 1.25. The van der Waals surface area contributed by atoms with Crippen molar-refractivity contribution in [1.29, 1.82) is 0 Å². The zero-order valence-electron chi connectivity index (χ0n) is 18.2. The Morgan fingerprint density at radius 3 is 2.65 bits per heavy atom. The Hall–Kier alpha value is -2.86. The molecule has 1 aliphatic heterocycles. The third kappa shape index (κ3) is 5.64. The molecule has 2 atom stereocenters. The average Bonchev–Trinajstić information content (AvgIpc) is 3.32. The van der Waals surface area contributed by atoms with E-state index in [0.29, 0.717) is 31.3 Å². The standard InChI is InChI=1S/C25H30N2O4/c1-17(2)9-25(29)26-21-8-7-18(10-21)15-31-24-16-30-22(11-23(24)28)14-27-12-19-5-3-4-6-20(19)13-27/h3-8,11,16-18,21H,9-10,12-15H2,1-2H3,(H,26,29). The lowest BCUT2D eigenvalue weighted by atomic mass is 10.1. The van der Waals surface area contributed by atoms with E-state index in [1.165, 1.54) is 23.5 Å². The lowest BCUT2D eigenvalue weighted by Gasteiger charge is -2.16. The summed E-state index contributed by atoms with van der Waals surface area (Å²) in [5, 5.41) is 3.03. The molecule has 164 valence electrons. The van der Waals surface area contributed by atoms with E-state index in [-0.39, 0.29) is 29.0 Å². The Kier molecular flexibility index (Phi) is 6.56. The highest BCUT2D eigenvalue weighted by Gasteiger charge is 2.22. The minimum Gasteiger partial charge on any atom is -0.486 e. The van der Waals surface area contributed by atoms with Crippen molar-refractivity contribution in [2.45, 2.75) is 52.4 Å². The summed E-state index contributed by atoms with van der Waals surface area (Å²) in [6.07, 6.45) is 6.78. The fourth-order valence-electron chi connectivity index (χ4n) is 4.20. The minimum absolute atomic E-state index is 0.0308. The molecule has 0 saturated carbocycles. The SMILES string of the molecule is CC(C)CC(=O)NC1C=CC(COc2coc(CN3Cc4ccccc4C3)cc2=O)C1. The summed E-state index contributed by atoms with van der Waals surface area (Å²) in [6.45, 7) is 6.76. The smallest absolute Gasteiger partial charge is 0.227 e. The second-order valence-corrected chi connectivity index (χ2v) is 8.95. The Morgan fingerprint density at radius 2 is 1.97 bits per heavy atom. The minimum atomic E-state index is -0.165. The van der Waals surface area contributed by atoms with Gasteiger partial charge in [0, 0.05) is 37.5 Å². The van der Waals surface area contributed by atoms with Gasteiger partial charge in [-0.1, -0.05) is 50.3 Å². The summed E-state index contributed by atoms with van der Waals surface area (Å²) >= 11 is 0. The van der Waals surface area contributed by atoms with Crippen molar-refractivity contribution in [3.63, 3.8) is 0 Å². The summed E-state index contributed by atoms with van der Waals surface area (Å²) in [5.74, 6) is 1.44. The van der Waals surface area contributed by atoms with Crippen molar-refractivity contribution >= 4 is 5.91 Å². The summed E-state index contributed by atoms with van der Waals surface area (Å²) in [7, 11) is 0. The topological polar surface area (TPSA) is 71.8 Å². The third-order valence-corrected chi connectivity index (χ3v) is 5.70. The van der Waals surface area contributed by atoms with Gasteiger partial charge in [-0.15, -0.1) is 0 Å². The highest BCUT2D eigenvalue weighted by Crippen LogP contribution is 2.24. The molecule has 0 spiro atoms.